The number of fused-ring (bicyclic) bond motifs is 3. The normalized spacial score (nSPS) is 16.0. The highest BCUT2D eigenvalue weighted by molar-refractivity contribution is 5.85. The summed E-state index contributed by atoms with van der Waals surface area (Å²) in [5, 5.41) is 0. The van der Waals surface area contributed by atoms with Crippen molar-refractivity contribution in [2.75, 3.05) is 25.5 Å². The van der Waals surface area contributed by atoms with Crippen LogP contribution in [0, 0.1) is 6.92 Å². The predicted molar refractivity (Wildman–Crippen MR) is 194 cm³/mol. The van der Waals surface area contributed by atoms with E-state index in [1.807, 2.05) is 0 Å². The molecule has 0 bridgehead atoms. The lowest BCUT2D eigenvalue weighted by Gasteiger charge is -2.34. The van der Waals surface area contributed by atoms with E-state index < -0.39 is 0 Å². The van der Waals surface area contributed by atoms with E-state index in [9.17, 15) is 0 Å². The van der Waals surface area contributed by atoms with E-state index >= 15 is 0 Å². The van der Waals surface area contributed by atoms with Gasteiger partial charge in [-0.05, 0) is 134 Å². The molecule has 5 aromatic rings. The first-order valence-corrected chi connectivity index (χ1v) is 16.8. The summed E-state index contributed by atoms with van der Waals surface area (Å²) < 4.78 is 0. The van der Waals surface area contributed by atoms with E-state index in [0.717, 1.165) is 43.6 Å². The Hall–Kier alpha value is -4.14. The van der Waals surface area contributed by atoms with Crippen LogP contribution in [0.5, 0.6) is 0 Å². The van der Waals surface area contributed by atoms with Crippen LogP contribution in [0.4, 0.5) is 17.1 Å². The van der Waals surface area contributed by atoms with E-state index in [-0.39, 0.29) is 5.41 Å². The number of hydrogen-bond donors (Lipinski definition) is 0. The second kappa shape index (κ2) is 13.1. The fraction of sp³-hybridized carbons (Fsp3) is 0.302. The first kappa shape index (κ1) is 30.9. The number of para-hydroxylation sites is 1. The molecule has 1 aliphatic rings. The van der Waals surface area contributed by atoms with Crippen LogP contribution in [0.15, 0.2) is 115 Å². The summed E-state index contributed by atoms with van der Waals surface area (Å²) in [5.74, 6) is 0.562. The molecule has 0 saturated heterocycles. The minimum Gasteiger partial charge on any atom is -0.311 e. The molecule has 0 heterocycles. The molecule has 2 atom stereocenters. The molecule has 0 N–H and O–H groups in total. The maximum absolute atomic E-state index is 2.51. The van der Waals surface area contributed by atoms with Crippen molar-refractivity contribution >= 4 is 17.1 Å². The van der Waals surface area contributed by atoms with Gasteiger partial charge < -0.3 is 9.80 Å². The van der Waals surface area contributed by atoms with Gasteiger partial charge in [-0.15, -0.1) is 0 Å². The van der Waals surface area contributed by atoms with Crippen molar-refractivity contribution in [3.63, 3.8) is 0 Å². The van der Waals surface area contributed by atoms with Gasteiger partial charge in [0.05, 0.1) is 0 Å². The van der Waals surface area contributed by atoms with E-state index in [2.05, 4.69) is 167 Å². The molecule has 0 saturated carbocycles. The van der Waals surface area contributed by atoms with Crippen LogP contribution >= 0.6 is 0 Å². The highest BCUT2D eigenvalue weighted by Crippen LogP contribution is 2.54. The lowest BCUT2D eigenvalue weighted by atomic mass is 9.71. The number of aryl methyl sites for hydroxylation is 1. The standard InChI is InChI=1S/C43H48N2/c1-7-26-43(27-28-44(5)6)41-29-31(3)14-24-39(41)40-25-19-35(30-42(40)43)34-17-22-38(23-18-34)45(36-12-10-9-11-13-36)37-20-15-33(16-21-37)32(4)8-2/h9-25,29-30,32H,7-8,26-28H2,1-6H3. The van der Waals surface area contributed by atoms with Gasteiger partial charge in [-0.2, -0.15) is 0 Å². The molecule has 2 unspecified atom stereocenters. The number of rotatable bonds is 11. The molecule has 1 aliphatic carbocycles. The van der Waals surface area contributed by atoms with Gasteiger partial charge in [-0.1, -0.05) is 106 Å². The van der Waals surface area contributed by atoms with Crippen molar-refractivity contribution in [1.29, 1.82) is 0 Å². The zero-order chi connectivity index (χ0) is 31.6. The third-order valence-electron chi connectivity index (χ3n) is 9.98. The topological polar surface area (TPSA) is 6.48 Å². The molecule has 0 spiro atoms. The third kappa shape index (κ3) is 5.97. The average molecular weight is 593 g/mol. The monoisotopic (exact) mass is 592 g/mol. The summed E-state index contributed by atoms with van der Waals surface area (Å²) in [6.45, 7) is 10.2. The Bertz CT molecular complexity index is 1730. The largest absolute Gasteiger partial charge is 0.311 e. The van der Waals surface area contributed by atoms with Crippen LogP contribution in [0.25, 0.3) is 22.3 Å². The number of nitrogens with zero attached hydrogens (tertiary/aromatic N) is 2. The molecule has 5 aromatic carbocycles. The fourth-order valence-electron chi connectivity index (χ4n) is 7.31. The van der Waals surface area contributed by atoms with Gasteiger partial charge in [-0.25, -0.2) is 0 Å². The van der Waals surface area contributed by atoms with Crippen LogP contribution < -0.4 is 4.90 Å². The Labute approximate surface area is 271 Å². The summed E-state index contributed by atoms with van der Waals surface area (Å²) >= 11 is 0. The van der Waals surface area contributed by atoms with Crippen molar-refractivity contribution < 1.29 is 0 Å². The summed E-state index contributed by atoms with van der Waals surface area (Å²) in [4.78, 5) is 4.70. The third-order valence-corrected chi connectivity index (χ3v) is 9.98. The Balaban J connectivity index is 1.39. The molecule has 0 aromatic heterocycles. The number of hydrogen-bond acceptors (Lipinski definition) is 2. The molecule has 2 heteroatoms. The highest BCUT2D eigenvalue weighted by Gasteiger charge is 2.42. The predicted octanol–water partition coefficient (Wildman–Crippen LogP) is 11.7. The molecule has 0 fully saturated rings. The first-order valence-electron chi connectivity index (χ1n) is 16.8. The molecule has 0 amide bonds. The second-order valence-corrected chi connectivity index (χ2v) is 13.3. The van der Waals surface area contributed by atoms with Gasteiger partial charge >= 0.3 is 0 Å². The number of anilines is 3. The lowest BCUT2D eigenvalue weighted by molar-refractivity contribution is 0.333. The minimum atomic E-state index is 0.0389. The van der Waals surface area contributed by atoms with Gasteiger partial charge in [0.25, 0.3) is 0 Å². The molecule has 230 valence electrons. The van der Waals surface area contributed by atoms with Crippen LogP contribution in [-0.4, -0.2) is 25.5 Å². The average Bonchev–Trinajstić information content (AvgIpc) is 3.33. The Morgan fingerprint density at radius 1 is 0.622 bits per heavy atom. The molecular formula is C43H48N2. The maximum Gasteiger partial charge on any atom is 0.0462 e. The van der Waals surface area contributed by atoms with Gasteiger partial charge in [0.1, 0.15) is 0 Å². The fourth-order valence-corrected chi connectivity index (χ4v) is 7.31. The lowest BCUT2D eigenvalue weighted by Crippen LogP contribution is -2.30. The Morgan fingerprint density at radius 3 is 1.82 bits per heavy atom. The Morgan fingerprint density at radius 2 is 1.20 bits per heavy atom. The van der Waals surface area contributed by atoms with Crippen LogP contribution in [0.3, 0.4) is 0 Å². The summed E-state index contributed by atoms with van der Waals surface area (Å²) in [7, 11) is 4.40. The maximum atomic E-state index is 2.51. The van der Waals surface area contributed by atoms with Crippen molar-refractivity contribution in [2.24, 2.45) is 0 Å². The zero-order valence-corrected chi connectivity index (χ0v) is 28.0. The number of benzene rings is 5. The summed E-state index contributed by atoms with van der Waals surface area (Å²) in [6.07, 6.45) is 4.59. The SMILES string of the molecule is CCCC1(CCN(C)C)c2cc(C)ccc2-c2ccc(-c3ccc(N(c4ccccc4)c4ccc(C(C)CC)cc4)cc3)cc21. The van der Waals surface area contributed by atoms with Crippen molar-refractivity contribution in [3.8, 4) is 22.3 Å². The molecule has 0 aliphatic heterocycles. The van der Waals surface area contributed by atoms with Gasteiger partial charge in [0.15, 0.2) is 0 Å². The summed E-state index contributed by atoms with van der Waals surface area (Å²) in [6, 6.07) is 43.3. The first-order chi connectivity index (χ1) is 21.8. The summed E-state index contributed by atoms with van der Waals surface area (Å²) in [5.41, 5.74) is 14.7. The minimum absolute atomic E-state index is 0.0389. The van der Waals surface area contributed by atoms with E-state index in [1.54, 1.807) is 0 Å². The molecule has 45 heavy (non-hydrogen) atoms. The van der Waals surface area contributed by atoms with Gasteiger partial charge in [-0.3, -0.25) is 0 Å². The zero-order valence-electron chi connectivity index (χ0n) is 28.0. The van der Waals surface area contributed by atoms with E-state index in [4.69, 9.17) is 0 Å². The Kier molecular flexibility index (Phi) is 8.97. The molecule has 0 radical (unpaired) electrons. The van der Waals surface area contributed by atoms with E-state index in [1.165, 1.54) is 50.2 Å². The molecule has 6 rings (SSSR count). The second-order valence-electron chi connectivity index (χ2n) is 13.3. The smallest absolute Gasteiger partial charge is 0.0462 e. The highest BCUT2D eigenvalue weighted by atomic mass is 15.1. The van der Waals surface area contributed by atoms with Gasteiger partial charge in [0.2, 0.25) is 0 Å². The van der Waals surface area contributed by atoms with Crippen LogP contribution in [0.1, 0.15) is 74.6 Å². The van der Waals surface area contributed by atoms with Gasteiger partial charge in [0, 0.05) is 22.5 Å². The molecular weight excluding hydrogens is 544 g/mol. The van der Waals surface area contributed by atoms with Crippen molar-refractivity contribution in [2.45, 2.75) is 64.7 Å². The van der Waals surface area contributed by atoms with E-state index in [0.29, 0.717) is 5.92 Å². The van der Waals surface area contributed by atoms with Crippen molar-refractivity contribution in [1.82, 2.24) is 4.90 Å². The van der Waals surface area contributed by atoms with Crippen molar-refractivity contribution in [3.05, 3.63) is 138 Å². The molecule has 2 nitrogen and oxygen atoms in total. The van der Waals surface area contributed by atoms with Crippen LogP contribution in [0.2, 0.25) is 0 Å². The van der Waals surface area contributed by atoms with Crippen LogP contribution in [-0.2, 0) is 5.41 Å². The quantitative estimate of drug-likeness (QED) is 0.150.